The molecule has 3 aliphatic rings. The van der Waals surface area contributed by atoms with Crippen LogP contribution in [0.4, 0.5) is 32.8 Å². The first kappa shape index (κ1) is 51.9. The third-order valence-corrected chi connectivity index (χ3v) is 8.69. The monoisotopic (exact) mass is 959 g/mol. The van der Waals surface area contributed by atoms with Gasteiger partial charge in [-0.25, -0.2) is 4.39 Å². The second kappa shape index (κ2) is 26.7. The van der Waals surface area contributed by atoms with Gasteiger partial charge in [-0.15, -0.1) is 28.8 Å². The Morgan fingerprint density at radius 2 is 1.00 bits per heavy atom. The molecule has 283 valence electrons. The van der Waals surface area contributed by atoms with Crippen molar-refractivity contribution in [3.8, 4) is 0 Å². The second-order valence-electron chi connectivity index (χ2n) is 12.9. The number of hydrogen-bond acceptors (Lipinski definition) is 11. The average Bonchev–Trinajstić information content (AvgIpc) is 3.08. The number of piperazine rings is 3. The van der Waals surface area contributed by atoms with Crippen LogP contribution in [0.15, 0.2) is 36.4 Å². The van der Waals surface area contributed by atoms with Gasteiger partial charge in [0, 0.05) is 192 Å². The fourth-order valence-corrected chi connectivity index (χ4v) is 5.52. The van der Waals surface area contributed by atoms with E-state index in [4.69, 9.17) is 5.73 Å². The van der Waals surface area contributed by atoms with Gasteiger partial charge in [-0.2, -0.15) is 18.2 Å². The first-order valence-corrected chi connectivity index (χ1v) is 16.8. The van der Waals surface area contributed by atoms with Crippen LogP contribution in [0.5, 0.6) is 0 Å². The molecule has 3 heterocycles. The van der Waals surface area contributed by atoms with Crippen molar-refractivity contribution in [1.29, 1.82) is 0 Å². The van der Waals surface area contributed by atoms with E-state index >= 15 is 0 Å². The van der Waals surface area contributed by atoms with Gasteiger partial charge in [-0.3, -0.25) is 20.2 Å². The smallest absolute Gasteiger partial charge is 0.163 e. The van der Waals surface area contributed by atoms with E-state index < -0.39 is 10.7 Å². The van der Waals surface area contributed by atoms with Crippen LogP contribution < -0.4 is 20.9 Å². The number of aryl methyl sites for hydroxylation is 3. The fourth-order valence-electron chi connectivity index (χ4n) is 5.52. The molecule has 3 saturated heterocycles. The maximum absolute atomic E-state index is 12.5. The van der Waals surface area contributed by atoms with Gasteiger partial charge in [0.15, 0.2) is 11.4 Å². The quantitative estimate of drug-likeness (QED) is 0.170. The molecular weight excluding hydrogens is 908 g/mol. The van der Waals surface area contributed by atoms with Crippen LogP contribution in [0.3, 0.4) is 0 Å². The molecule has 3 aliphatic heterocycles. The summed E-state index contributed by atoms with van der Waals surface area (Å²) >= 11 is 0. The molecule has 6 rings (SSSR count). The van der Waals surface area contributed by atoms with Crippen LogP contribution in [-0.4, -0.2) is 124 Å². The van der Waals surface area contributed by atoms with Gasteiger partial charge in [0.2, 0.25) is 0 Å². The molecule has 0 aromatic heterocycles. The number of nitrogen functional groups attached to an aromatic ring is 1. The number of likely N-dealkylation sites (N-methyl/N-ethyl adjacent to an activating group) is 3. The van der Waals surface area contributed by atoms with Crippen molar-refractivity contribution in [2.24, 2.45) is 0 Å². The average molecular weight is 960 g/mol. The molecular formula is C36H51FN9O4Y3-3. The van der Waals surface area contributed by atoms with Crippen LogP contribution >= 0.6 is 0 Å². The second-order valence-corrected chi connectivity index (χ2v) is 12.9. The maximum Gasteiger partial charge on any atom is 0.163 e. The molecule has 0 unspecified atom stereocenters. The molecule has 53 heavy (non-hydrogen) atoms. The number of hydrogen-bond donors (Lipinski definition) is 2. The van der Waals surface area contributed by atoms with Crippen molar-refractivity contribution in [2.45, 2.75) is 20.8 Å². The number of nitrogens with one attached hydrogen (secondary N) is 1. The van der Waals surface area contributed by atoms with E-state index in [0.717, 1.165) is 88.5 Å². The number of halogens is 1. The molecule has 0 amide bonds. The van der Waals surface area contributed by atoms with E-state index in [1.165, 1.54) is 43.4 Å². The third-order valence-electron chi connectivity index (χ3n) is 8.69. The zero-order valence-electron chi connectivity index (χ0n) is 31.9. The first-order valence-electron chi connectivity index (χ1n) is 16.8. The molecule has 13 nitrogen and oxygen atoms in total. The largest absolute Gasteiger partial charge is 0.449 e. The normalized spacial score (nSPS) is 16.0. The molecule has 17 heteroatoms. The van der Waals surface area contributed by atoms with Gasteiger partial charge < -0.3 is 35.6 Å². The summed E-state index contributed by atoms with van der Waals surface area (Å²) in [7, 11) is 6.42. The Bertz CT molecular complexity index is 1550. The predicted octanol–water partition coefficient (Wildman–Crippen LogP) is 3.94. The zero-order valence-corrected chi connectivity index (χ0v) is 40.4. The summed E-state index contributed by atoms with van der Waals surface area (Å²) in [5, 5.41) is 24.1. The van der Waals surface area contributed by atoms with Gasteiger partial charge in [-0.05, 0) is 21.1 Å². The van der Waals surface area contributed by atoms with Crippen LogP contribution in [0.25, 0.3) is 0 Å². The Kier molecular flexibility index (Phi) is 26.2. The summed E-state index contributed by atoms with van der Waals surface area (Å²) in [6.45, 7) is 18.5. The van der Waals surface area contributed by atoms with Gasteiger partial charge in [-0.1, -0.05) is 62.1 Å². The van der Waals surface area contributed by atoms with Gasteiger partial charge in [0.25, 0.3) is 0 Å². The van der Waals surface area contributed by atoms with E-state index in [1.54, 1.807) is 6.07 Å². The van der Waals surface area contributed by atoms with Gasteiger partial charge >= 0.3 is 0 Å². The van der Waals surface area contributed by atoms with E-state index in [0.29, 0.717) is 0 Å². The van der Waals surface area contributed by atoms with Gasteiger partial charge in [0.1, 0.15) is 0 Å². The molecule has 0 bridgehead atoms. The Balaban J connectivity index is 0.000000694. The summed E-state index contributed by atoms with van der Waals surface area (Å²) in [6, 6.07) is 17.6. The summed E-state index contributed by atoms with van der Waals surface area (Å²) in [5.74, 6) is -0.546. The Labute approximate surface area is 389 Å². The van der Waals surface area contributed by atoms with E-state index in [-0.39, 0.29) is 120 Å². The number of non-ortho nitro benzene ring substituents is 2. The molecule has 3 aromatic rings. The van der Waals surface area contributed by atoms with Crippen molar-refractivity contribution in [3.05, 3.63) is 97.3 Å². The number of nitrogens with zero attached hydrogens (tertiary/aromatic N) is 7. The molecule has 3 radical (unpaired) electrons. The van der Waals surface area contributed by atoms with Crippen LogP contribution in [0, 0.1) is 65.0 Å². The number of anilines is 3. The van der Waals surface area contributed by atoms with Crippen molar-refractivity contribution < 1.29 is 112 Å². The summed E-state index contributed by atoms with van der Waals surface area (Å²) in [6.07, 6.45) is 0. The molecule has 0 spiro atoms. The van der Waals surface area contributed by atoms with Crippen molar-refractivity contribution in [1.82, 2.24) is 20.0 Å². The topological polar surface area (TPSA) is 141 Å². The zero-order chi connectivity index (χ0) is 36.8. The first-order chi connectivity index (χ1) is 23.7. The van der Waals surface area contributed by atoms with E-state index in [1.807, 2.05) is 19.1 Å². The Hall–Kier alpha value is -1.06. The summed E-state index contributed by atoms with van der Waals surface area (Å²) in [5.41, 5.74) is 11.1. The third kappa shape index (κ3) is 18.2. The molecule has 3 aromatic carbocycles. The molecule has 0 aliphatic carbocycles. The Morgan fingerprint density at radius 1 is 0.623 bits per heavy atom. The number of rotatable bonds is 4. The molecule has 0 saturated carbocycles. The van der Waals surface area contributed by atoms with Crippen molar-refractivity contribution in [3.63, 3.8) is 0 Å². The minimum Gasteiger partial charge on any atom is -0.449 e. The predicted molar refractivity (Wildman–Crippen MR) is 198 cm³/mol. The fraction of sp³-hybridized carbons (Fsp3) is 0.500. The number of nitrogens with two attached hydrogens (primary N) is 1. The number of benzene rings is 3. The van der Waals surface area contributed by atoms with Crippen LogP contribution in [0.1, 0.15) is 16.7 Å². The maximum atomic E-state index is 12.5. The van der Waals surface area contributed by atoms with E-state index in [9.17, 15) is 24.6 Å². The van der Waals surface area contributed by atoms with Gasteiger partial charge in [0.05, 0.1) is 0 Å². The van der Waals surface area contributed by atoms with E-state index in [2.05, 4.69) is 76.1 Å². The van der Waals surface area contributed by atoms with Crippen molar-refractivity contribution in [2.75, 3.05) is 115 Å². The number of nitro benzene ring substituents is 2. The minimum absolute atomic E-state index is 0. The van der Waals surface area contributed by atoms with Crippen LogP contribution in [-0.2, 0) is 98.1 Å². The number of nitro groups is 2. The van der Waals surface area contributed by atoms with Crippen LogP contribution in [0.2, 0.25) is 0 Å². The Morgan fingerprint density at radius 3 is 1.36 bits per heavy atom. The molecule has 0 atom stereocenters. The molecule has 3 fully saturated rings. The minimum atomic E-state index is -0.580. The van der Waals surface area contributed by atoms with Crippen molar-refractivity contribution >= 4 is 28.4 Å². The molecule has 3 N–H and O–H groups in total. The SMILES string of the molecule is CN1CCNCC1.Cc1cc(N)c[c-]c1N1CCN(C)CC1.Cc1cc([N+](=O)[O-])c[c-]c1F.Cc1cc([N+](=O)[O-])c[c-]c1N1CCN(C)CC1.[Y].[Y].[Y]. The standard InChI is InChI=1S/C12H16N3O2.C12H18N3.C7H5FNO2.C5H12N2.3Y/c1-10-9-11(15(16)17)3-4-12(10)14-7-5-13(2)6-8-14;1-10-9-11(13)3-4-12(10)15-7-5-14(2)6-8-15;1-5-4-6(9(10)11)2-3-7(5)8;1-7-4-2-6-3-5-7;;;/h3,9H,5-8H2,1-2H3;3,9H,5-8,13H2,1-2H3;2,4H,1H3;6H,2-5H2,1H3;;;/q3*-1;;;;. The summed E-state index contributed by atoms with van der Waals surface area (Å²) in [4.78, 5) is 31.4. The summed E-state index contributed by atoms with van der Waals surface area (Å²) < 4.78 is 12.5.